The Kier molecular flexibility index (Phi) is 3.86. The minimum atomic E-state index is -0.943. The molecular weight excluding hydrogens is 321 g/mol. The predicted molar refractivity (Wildman–Crippen MR) is 89.4 cm³/mol. The van der Waals surface area contributed by atoms with E-state index < -0.39 is 5.60 Å². The highest BCUT2D eigenvalue weighted by molar-refractivity contribution is 6.30. The number of halogens is 2. The smallest absolute Gasteiger partial charge is 0.135 e. The molecule has 0 bridgehead atoms. The molecule has 0 saturated carbocycles. The molecule has 2 aliphatic rings. The molecule has 2 aliphatic heterocycles. The van der Waals surface area contributed by atoms with Crippen LogP contribution in [0.1, 0.15) is 17.0 Å². The summed E-state index contributed by atoms with van der Waals surface area (Å²) in [4.78, 5) is 2.16. The molecule has 0 radical (unpaired) electrons. The second-order valence-electron chi connectivity index (χ2n) is 5.95. The molecule has 0 amide bonds. The largest absolute Gasteiger partial charge is 0.457 e. The summed E-state index contributed by atoms with van der Waals surface area (Å²) in [5.74, 6) is 1.45. The highest BCUT2D eigenvalue weighted by atomic mass is 35.5. The maximum atomic E-state index is 11.4. The normalized spacial score (nSPS) is 26.0. The zero-order valence-corrected chi connectivity index (χ0v) is 13.7. The Balaban J connectivity index is 0.00000144. The molecule has 0 spiro atoms. The van der Waals surface area contributed by atoms with Crippen molar-refractivity contribution in [2.45, 2.75) is 11.5 Å². The SMILES string of the molecule is CN1C[C@@H]2c3ccccc3Oc3cc(Cl)ccc3[C@]2(O)C1.Cl. The van der Waals surface area contributed by atoms with Gasteiger partial charge in [-0.2, -0.15) is 0 Å². The van der Waals surface area contributed by atoms with Crippen LogP contribution < -0.4 is 4.74 Å². The standard InChI is InChI=1S/C17H16ClNO2.ClH/c1-19-9-14-12-4-2-3-5-15(12)21-16-8-11(18)6-7-13(16)17(14,20)10-19;/h2-8,14,20H,9-10H2,1H3;1H/t14-,17-;/m1./s1. The van der Waals surface area contributed by atoms with Gasteiger partial charge in [0, 0.05) is 35.2 Å². The van der Waals surface area contributed by atoms with Crippen molar-refractivity contribution in [3.8, 4) is 11.5 Å². The van der Waals surface area contributed by atoms with Crippen molar-refractivity contribution in [2.24, 2.45) is 0 Å². The molecule has 116 valence electrons. The fraction of sp³-hybridized carbons (Fsp3) is 0.294. The zero-order valence-electron chi connectivity index (χ0n) is 12.1. The van der Waals surface area contributed by atoms with Gasteiger partial charge >= 0.3 is 0 Å². The van der Waals surface area contributed by atoms with Gasteiger partial charge in [0.1, 0.15) is 17.1 Å². The molecule has 0 aliphatic carbocycles. The lowest BCUT2D eigenvalue weighted by Gasteiger charge is -2.28. The van der Waals surface area contributed by atoms with Crippen LogP contribution in [0.2, 0.25) is 5.02 Å². The summed E-state index contributed by atoms with van der Waals surface area (Å²) < 4.78 is 6.06. The molecule has 2 aromatic rings. The molecular formula is C17H17Cl2NO2. The third-order valence-electron chi connectivity index (χ3n) is 4.51. The highest BCUT2D eigenvalue weighted by Gasteiger charge is 2.50. The van der Waals surface area contributed by atoms with E-state index in [0.29, 0.717) is 17.3 Å². The fourth-order valence-electron chi connectivity index (χ4n) is 3.60. The first kappa shape index (κ1) is 15.6. The van der Waals surface area contributed by atoms with Gasteiger partial charge in [-0.15, -0.1) is 12.4 Å². The lowest BCUT2D eigenvalue weighted by atomic mass is 9.80. The van der Waals surface area contributed by atoms with E-state index in [9.17, 15) is 5.11 Å². The number of benzene rings is 2. The molecule has 1 fully saturated rings. The second-order valence-corrected chi connectivity index (χ2v) is 6.39. The van der Waals surface area contributed by atoms with Gasteiger partial charge in [-0.3, -0.25) is 0 Å². The molecule has 0 aromatic heterocycles. The summed E-state index contributed by atoms with van der Waals surface area (Å²) in [6.07, 6.45) is 0. The first-order valence-corrected chi connectivity index (χ1v) is 7.43. The van der Waals surface area contributed by atoms with Crippen LogP contribution >= 0.6 is 24.0 Å². The first-order valence-electron chi connectivity index (χ1n) is 7.06. The number of ether oxygens (including phenoxy) is 1. The number of fused-ring (bicyclic) bond motifs is 5. The third kappa shape index (κ3) is 2.20. The van der Waals surface area contributed by atoms with Crippen LogP contribution in [0, 0.1) is 0 Å². The molecule has 1 saturated heterocycles. The van der Waals surface area contributed by atoms with Gasteiger partial charge < -0.3 is 14.7 Å². The van der Waals surface area contributed by atoms with Crippen LogP contribution in [0.4, 0.5) is 0 Å². The minimum Gasteiger partial charge on any atom is -0.457 e. The van der Waals surface area contributed by atoms with Crippen molar-refractivity contribution >= 4 is 24.0 Å². The number of β-amino-alcohol motifs (C(OH)–C–C–N with tert-alkyl or cyclic N) is 1. The maximum Gasteiger partial charge on any atom is 0.135 e. The number of rotatable bonds is 0. The van der Waals surface area contributed by atoms with Crippen molar-refractivity contribution in [3.63, 3.8) is 0 Å². The van der Waals surface area contributed by atoms with Crippen molar-refractivity contribution in [2.75, 3.05) is 20.1 Å². The van der Waals surface area contributed by atoms with Crippen LogP contribution in [0.5, 0.6) is 11.5 Å². The van der Waals surface area contributed by atoms with E-state index in [-0.39, 0.29) is 18.3 Å². The van der Waals surface area contributed by atoms with Crippen molar-refractivity contribution < 1.29 is 9.84 Å². The van der Waals surface area contributed by atoms with Crippen molar-refractivity contribution in [1.82, 2.24) is 4.90 Å². The number of likely N-dealkylation sites (N-methyl/N-ethyl adjacent to an activating group) is 1. The Hall–Kier alpha value is -1.26. The minimum absolute atomic E-state index is 0. The van der Waals surface area contributed by atoms with E-state index in [1.54, 1.807) is 6.07 Å². The molecule has 4 rings (SSSR count). The Morgan fingerprint density at radius 3 is 2.82 bits per heavy atom. The molecule has 0 unspecified atom stereocenters. The van der Waals surface area contributed by atoms with Gasteiger partial charge in [0.2, 0.25) is 0 Å². The fourth-order valence-corrected chi connectivity index (χ4v) is 3.76. The lowest BCUT2D eigenvalue weighted by Crippen LogP contribution is -2.33. The van der Waals surface area contributed by atoms with Crippen LogP contribution in [0.25, 0.3) is 0 Å². The van der Waals surface area contributed by atoms with Gasteiger partial charge in [-0.05, 0) is 25.2 Å². The van der Waals surface area contributed by atoms with Gasteiger partial charge in [-0.25, -0.2) is 0 Å². The molecule has 2 atom stereocenters. The monoisotopic (exact) mass is 337 g/mol. The van der Waals surface area contributed by atoms with E-state index in [0.717, 1.165) is 23.4 Å². The van der Waals surface area contributed by atoms with Gasteiger partial charge in [0.25, 0.3) is 0 Å². The summed E-state index contributed by atoms with van der Waals surface area (Å²) in [5.41, 5.74) is 0.926. The maximum absolute atomic E-state index is 11.4. The Morgan fingerprint density at radius 2 is 2.00 bits per heavy atom. The topological polar surface area (TPSA) is 32.7 Å². The number of likely N-dealkylation sites (tertiary alicyclic amines) is 1. The quantitative estimate of drug-likeness (QED) is 0.793. The van der Waals surface area contributed by atoms with Crippen LogP contribution in [0.15, 0.2) is 42.5 Å². The predicted octanol–water partition coefficient (Wildman–Crippen LogP) is 3.78. The molecule has 5 heteroatoms. The average molecular weight is 338 g/mol. The number of para-hydroxylation sites is 1. The van der Waals surface area contributed by atoms with E-state index >= 15 is 0 Å². The summed E-state index contributed by atoms with van der Waals surface area (Å²) in [6, 6.07) is 13.4. The van der Waals surface area contributed by atoms with Gasteiger partial charge in [0.05, 0.1) is 0 Å². The van der Waals surface area contributed by atoms with Gasteiger partial charge in [-0.1, -0.05) is 35.9 Å². The summed E-state index contributed by atoms with van der Waals surface area (Å²) >= 11 is 6.10. The molecule has 2 aromatic carbocycles. The van der Waals surface area contributed by atoms with Crippen molar-refractivity contribution in [1.29, 1.82) is 0 Å². The lowest BCUT2D eigenvalue weighted by molar-refractivity contribution is 0.0337. The van der Waals surface area contributed by atoms with E-state index in [4.69, 9.17) is 16.3 Å². The molecule has 3 nitrogen and oxygen atoms in total. The Bertz CT molecular complexity index is 722. The molecule has 2 heterocycles. The average Bonchev–Trinajstić information content (AvgIpc) is 2.70. The Morgan fingerprint density at radius 1 is 1.23 bits per heavy atom. The first-order chi connectivity index (χ1) is 10.1. The number of hydrogen-bond acceptors (Lipinski definition) is 3. The van der Waals surface area contributed by atoms with E-state index in [2.05, 4.69) is 4.90 Å². The van der Waals surface area contributed by atoms with Crippen LogP contribution in [-0.2, 0) is 5.60 Å². The number of hydrogen-bond donors (Lipinski definition) is 1. The third-order valence-corrected chi connectivity index (χ3v) is 4.74. The summed E-state index contributed by atoms with van der Waals surface area (Å²) in [7, 11) is 2.03. The van der Waals surface area contributed by atoms with Gasteiger partial charge in [0.15, 0.2) is 0 Å². The second kappa shape index (κ2) is 5.43. The number of aliphatic hydroxyl groups is 1. The van der Waals surface area contributed by atoms with Crippen LogP contribution in [-0.4, -0.2) is 30.1 Å². The summed E-state index contributed by atoms with van der Waals surface area (Å²) in [6.45, 7) is 1.39. The van der Waals surface area contributed by atoms with Crippen LogP contribution in [0.3, 0.4) is 0 Å². The molecule has 1 N–H and O–H groups in total. The van der Waals surface area contributed by atoms with E-state index in [1.165, 1.54) is 0 Å². The zero-order chi connectivity index (χ0) is 14.6. The van der Waals surface area contributed by atoms with Crippen molar-refractivity contribution in [3.05, 3.63) is 58.6 Å². The highest BCUT2D eigenvalue weighted by Crippen LogP contribution is 2.52. The van der Waals surface area contributed by atoms with E-state index in [1.807, 2.05) is 43.4 Å². The number of nitrogens with zero attached hydrogens (tertiary/aromatic N) is 1. The summed E-state index contributed by atoms with van der Waals surface area (Å²) in [5, 5.41) is 12.0. The Labute approximate surface area is 140 Å². The molecule has 22 heavy (non-hydrogen) atoms.